The van der Waals surface area contributed by atoms with E-state index < -0.39 is 5.91 Å². The van der Waals surface area contributed by atoms with E-state index in [1.165, 1.54) is 37.5 Å². The van der Waals surface area contributed by atoms with Gasteiger partial charge in [-0.05, 0) is 24.6 Å². The monoisotopic (exact) mass is 341 g/mol. The number of aliphatic imine (C=N–C) groups is 1. The number of amides is 1. The molecule has 1 aromatic carbocycles. The molecule has 7 heteroatoms. The lowest BCUT2D eigenvalue weighted by Gasteiger charge is -2.09. The van der Waals surface area contributed by atoms with Gasteiger partial charge in [-0.15, -0.1) is 0 Å². The SMILES string of the molecule is C=Cc1c(N=Cc2ccc(F)cc2)cnc(C(=O)NCC(C)=O)c1O. The Morgan fingerprint density at radius 1 is 1.36 bits per heavy atom. The minimum Gasteiger partial charge on any atom is -0.505 e. The zero-order chi connectivity index (χ0) is 18.4. The van der Waals surface area contributed by atoms with Gasteiger partial charge < -0.3 is 10.4 Å². The first-order valence-corrected chi connectivity index (χ1v) is 7.34. The number of nitrogens with zero attached hydrogens (tertiary/aromatic N) is 2. The number of aromatic hydroxyl groups is 1. The number of Topliss-reactive ketones (excluding diaryl/α,β-unsaturated/α-hetero) is 1. The smallest absolute Gasteiger partial charge is 0.274 e. The minimum absolute atomic E-state index is 0.159. The quantitative estimate of drug-likeness (QED) is 0.790. The van der Waals surface area contributed by atoms with Gasteiger partial charge >= 0.3 is 0 Å². The van der Waals surface area contributed by atoms with E-state index in [1.807, 2.05) is 0 Å². The van der Waals surface area contributed by atoms with Crippen molar-refractivity contribution in [2.75, 3.05) is 6.54 Å². The molecule has 0 aliphatic rings. The van der Waals surface area contributed by atoms with Crippen LogP contribution >= 0.6 is 0 Å². The van der Waals surface area contributed by atoms with Crippen LogP contribution in [-0.4, -0.2) is 34.5 Å². The molecule has 0 saturated heterocycles. The van der Waals surface area contributed by atoms with Gasteiger partial charge in [0.2, 0.25) is 0 Å². The second-order valence-corrected chi connectivity index (χ2v) is 5.15. The summed E-state index contributed by atoms with van der Waals surface area (Å²) >= 11 is 0. The number of rotatable bonds is 6. The molecule has 0 atom stereocenters. The highest BCUT2D eigenvalue weighted by Crippen LogP contribution is 2.30. The number of nitrogens with one attached hydrogen (secondary N) is 1. The lowest BCUT2D eigenvalue weighted by atomic mass is 10.1. The molecule has 0 spiro atoms. The number of hydrogen-bond acceptors (Lipinski definition) is 5. The molecule has 6 nitrogen and oxygen atoms in total. The lowest BCUT2D eigenvalue weighted by molar-refractivity contribution is -0.116. The molecule has 0 saturated carbocycles. The first-order chi connectivity index (χ1) is 11.9. The van der Waals surface area contributed by atoms with Gasteiger partial charge in [0.25, 0.3) is 5.91 Å². The Hall–Kier alpha value is -3.35. The van der Waals surface area contributed by atoms with E-state index in [4.69, 9.17) is 0 Å². The molecule has 0 unspecified atom stereocenters. The molecule has 0 aliphatic carbocycles. The van der Waals surface area contributed by atoms with Crippen molar-refractivity contribution in [2.45, 2.75) is 6.92 Å². The number of hydrogen-bond donors (Lipinski definition) is 2. The van der Waals surface area contributed by atoms with Crippen molar-refractivity contribution in [3.8, 4) is 5.75 Å². The zero-order valence-corrected chi connectivity index (χ0v) is 13.5. The van der Waals surface area contributed by atoms with Crippen molar-refractivity contribution in [2.24, 2.45) is 4.99 Å². The third kappa shape index (κ3) is 4.57. The second-order valence-electron chi connectivity index (χ2n) is 5.15. The summed E-state index contributed by atoms with van der Waals surface area (Å²) in [4.78, 5) is 31.0. The summed E-state index contributed by atoms with van der Waals surface area (Å²) in [6.45, 7) is 4.77. The van der Waals surface area contributed by atoms with Gasteiger partial charge in [0.15, 0.2) is 11.4 Å². The van der Waals surface area contributed by atoms with Crippen LogP contribution in [0.1, 0.15) is 28.5 Å². The van der Waals surface area contributed by atoms with Gasteiger partial charge in [0, 0.05) is 11.8 Å². The highest BCUT2D eigenvalue weighted by atomic mass is 19.1. The normalized spacial score (nSPS) is 10.6. The highest BCUT2D eigenvalue weighted by molar-refractivity contribution is 5.98. The van der Waals surface area contributed by atoms with Crippen LogP contribution in [0.5, 0.6) is 5.75 Å². The summed E-state index contributed by atoms with van der Waals surface area (Å²) in [7, 11) is 0. The fourth-order valence-corrected chi connectivity index (χ4v) is 1.96. The van der Waals surface area contributed by atoms with E-state index in [9.17, 15) is 19.1 Å². The molecule has 0 bridgehead atoms. The van der Waals surface area contributed by atoms with E-state index in [0.29, 0.717) is 11.3 Å². The molecule has 1 heterocycles. The first kappa shape index (κ1) is 18.0. The Morgan fingerprint density at radius 2 is 2.04 bits per heavy atom. The van der Waals surface area contributed by atoms with E-state index in [1.54, 1.807) is 12.1 Å². The van der Waals surface area contributed by atoms with Crippen LogP contribution in [0.3, 0.4) is 0 Å². The Bertz CT molecular complexity index is 845. The molecular formula is C18H16FN3O3. The van der Waals surface area contributed by atoms with E-state index in [2.05, 4.69) is 21.9 Å². The van der Waals surface area contributed by atoms with E-state index in [-0.39, 0.29) is 35.2 Å². The Morgan fingerprint density at radius 3 is 2.64 bits per heavy atom. The number of halogens is 1. The summed E-state index contributed by atoms with van der Waals surface area (Å²) < 4.78 is 12.9. The molecule has 2 rings (SSSR count). The van der Waals surface area contributed by atoms with Gasteiger partial charge in [-0.25, -0.2) is 9.37 Å². The Balaban J connectivity index is 2.30. The largest absolute Gasteiger partial charge is 0.505 e. The van der Waals surface area contributed by atoms with Crippen LogP contribution in [0, 0.1) is 5.82 Å². The van der Waals surface area contributed by atoms with Crippen LogP contribution in [0.4, 0.5) is 10.1 Å². The number of aromatic nitrogens is 1. The van der Waals surface area contributed by atoms with Crippen molar-refractivity contribution >= 4 is 29.7 Å². The van der Waals surface area contributed by atoms with Gasteiger partial charge in [-0.3, -0.25) is 14.6 Å². The van der Waals surface area contributed by atoms with Crippen LogP contribution in [0.2, 0.25) is 0 Å². The standard InChI is InChI=1S/C18H16FN3O3/c1-3-14-15(20-9-12-4-6-13(19)7-5-12)10-21-16(17(14)24)18(25)22-8-11(2)23/h3-7,9-10,24H,1,8H2,2H3,(H,22,25). The van der Waals surface area contributed by atoms with E-state index >= 15 is 0 Å². The van der Waals surface area contributed by atoms with Gasteiger partial charge in [0.1, 0.15) is 11.6 Å². The molecular weight excluding hydrogens is 325 g/mol. The van der Waals surface area contributed by atoms with Crippen LogP contribution in [-0.2, 0) is 4.79 Å². The predicted molar refractivity (Wildman–Crippen MR) is 92.7 cm³/mol. The molecule has 0 radical (unpaired) electrons. The topological polar surface area (TPSA) is 91.7 Å². The zero-order valence-electron chi connectivity index (χ0n) is 13.5. The maximum absolute atomic E-state index is 12.9. The van der Waals surface area contributed by atoms with Gasteiger partial charge in [-0.2, -0.15) is 0 Å². The molecule has 2 aromatic rings. The summed E-state index contributed by atoms with van der Waals surface area (Å²) in [6, 6.07) is 5.69. The summed E-state index contributed by atoms with van der Waals surface area (Å²) in [6.07, 6.45) is 4.12. The number of carbonyl (C=O) groups is 2. The van der Waals surface area contributed by atoms with Crippen LogP contribution in [0.15, 0.2) is 42.0 Å². The molecule has 0 aliphatic heterocycles. The number of pyridine rings is 1. The third-order valence-corrected chi connectivity index (χ3v) is 3.21. The fourth-order valence-electron chi connectivity index (χ4n) is 1.96. The van der Waals surface area contributed by atoms with Crippen molar-refractivity contribution < 1.29 is 19.1 Å². The van der Waals surface area contributed by atoms with Crippen molar-refractivity contribution in [3.63, 3.8) is 0 Å². The third-order valence-electron chi connectivity index (χ3n) is 3.21. The maximum Gasteiger partial charge on any atom is 0.274 e. The van der Waals surface area contributed by atoms with Crippen molar-refractivity contribution in [1.29, 1.82) is 0 Å². The maximum atomic E-state index is 12.9. The van der Waals surface area contributed by atoms with Crippen molar-refractivity contribution in [1.82, 2.24) is 10.3 Å². The average molecular weight is 341 g/mol. The first-order valence-electron chi connectivity index (χ1n) is 7.34. The number of carbonyl (C=O) groups excluding carboxylic acids is 2. The molecule has 1 aromatic heterocycles. The van der Waals surface area contributed by atoms with Crippen LogP contribution < -0.4 is 5.32 Å². The van der Waals surface area contributed by atoms with Gasteiger partial charge in [0.05, 0.1) is 18.4 Å². The van der Waals surface area contributed by atoms with Crippen molar-refractivity contribution in [3.05, 3.63) is 59.7 Å². The number of ketones is 1. The fraction of sp³-hybridized carbons (Fsp3) is 0.111. The van der Waals surface area contributed by atoms with Crippen LogP contribution in [0.25, 0.3) is 6.08 Å². The molecule has 0 fully saturated rings. The molecule has 25 heavy (non-hydrogen) atoms. The molecule has 2 N–H and O–H groups in total. The van der Waals surface area contributed by atoms with Gasteiger partial charge in [-0.1, -0.05) is 24.8 Å². The molecule has 1 amide bonds. The predicted octanol–water partition coefficient (Wildman–Crippen LogP) is 2.64. The highest BCUT2D eigenvalue weighted by Gasteiger charge is 2.18. The second kappa shape index (κ2) is 7.96. The lowest BCUT2D eigenvalue weighted by Crippen LogP contribution is -2.29. The summed E-state index contributed by atoms with van der Waals surface area (Å²) in [5.41, 5.74) is 0.942. The Labute approximate surface area is 143 Å². The minimum atomic E-state index is -0.676. The summed E-state index contributed by atoms with van der Waals surface area (Å²) in [5.74, 6) is -1.64. The Kier molecular flexibility index (Phi) is 5.73. The summed E-state index contributed by atoms with van der Waals surface area (Å²) in [5, 5.41) is 12.6. The van der Waals surface area contributed by atoms with E-state index in [0.717, 1.165) is 0 Å². The average Bonchev–Trinajstić information content (AvgIpc) is 2.59. The molecule has 128 valence electrons. The number of benzene rings is 1.